The fourth-order valence-electron chi connectivity index (χ4n) is 2.86. The predicted molar refractivity (Wildman–Crippen MR) is 112 cm³/mol. The molecule has 0 aliphatic heterocycles. The number of rotatable bonds is 15. The molecule has 26 heavy (non-hydrogen) atoms. The van der Waals surface area contributed by atoms with E-state index in [1.165, 1.54) is 11.8 Å². The molecule has 0 saturated carbocycles. The Labute approximate surface area is 165 Å². The molecule has 0 radical (unpaired) electrons. The Balaban J connectivity index is 5.12. The molecule has 0 spiro atoms. The van der Waals surface area contributed by atoms with Crippen molar-refractivity contribution in [3.63, 3.8) is 0 Å². The van der Waals surface area contributed by atoms with E-state index in [1.54, 1.807) is 7.11 Å². The van der Waals surface area contributed by atoms with Crippen molar-refractivity contribution in [2.45, 2.75) is 84.8 Å². The van der Waals surface area contributed by atoms with Crippen LogP contribution in [0.2, 0.25) is 0 Å². The van der Waals surface area contributed by atoms with Gasteiger partial charge in [0.2, 0.25) is 5.91 Å². The normalized spacial score (nSPS) is 13.7. The molecule has 2 unspecified atom stereocenters. The van der Waals surface area contributed by atoms with Crippen LogP contribution in [0, 0.1) is 11.3 Å². The minimum absolute atomic E-state index is 0.00276. The molecule has 5 nitrogen and oxygen atoms in total. The van der Waals surface area contributed by atoms with Crippen LogP contribution in [0.4, 0.5) is 0 Å². The van der Waals surface area contributed by atoms with E-state index >= 15 is 0 Å². The van der Waals surface area contributed by atoms with E-state index in [4.69, 9.17) is 14.9 Å². The molecular formula is C20H40N2O3S. The molecule has 1 N–H and O–H groups in total. The van der Waals surface area contributed by atoms with Crippen molar-refractivity contribution in [3.8, 4) is 0 Å². The van der Waals surface area contributed by atoms with Crippen molar-refractivity contribution in [1.29, 1.82) is 5.41 Å². The standard InChI is InChI=1S/C20H40N2O3S/c1-7-9-11-13-25-15-22(19(23)12-10-8-2)17(16(3)4)14-18(24-5)20(21)26-6/h16-18,21H,7-15H2,1-6H3. The Morgan fingerprint density at radius 1 is 1.15 bits per heavy atom. The molecule has 0 fully saturated rings. The van der Waals surface area contributed by atoms with Gasteiger partial charge in [0, 0.05) is 32.6 Å². The fourth-order valence-corrected chi connectivity index (χ4v) is 3.32. The van der Waals surface area contributed by atoms with Gasteiger partial charge in [-0.1, -0.05) is 47.0 Å². The van der Waals surface area contributed by atoms with E-state index in [0.717, 1.165) is 32.1 Å². The summed E-state index contributed by atoms with van der Waals surface area (Å²) in [5.74, 6) is 0.415. The third-order valence-corrected chi connectivity index (χ3v) is 5.31. The highest BCUT2D eigenvalue weighted by Gasteiger charge is 2.30. The van der Waals surface area contributed by atoms with Crippen molar-refractivity contribution in [2.75, 3.05) is 26.7 Å². The Morgan fingerprint density at radius 3 is 2.31 bits per heavy atom. The van der Waals surface area contributed by atoms with Crippen molar-refractivity contribution in [3.05, 3.63) is 0 Å². The van der Waals surface area contributed by atoms with Gasteiger partial charge < -0.3 is 14.4 Å². The van der Waals surface area contributed by atoms with E-state index < -0.39 is 0 Å². The van der Waals surface area contributed by atoms with Gasteiger partial charge in [0.25, 0.3) is 0 Å². The molecule has 1 amide bonds. The maximum atomic E-state index is 12.8. The monoisotopic (exact) mass is 388 g/mol. The van der Waals surface area contributed by atoms with Gasteiger partial charge in [-0.3, -0.25) is 10.2 Å². The maximum absolute atomic E-state index is 12.8. The van der Waals surface area contributed by atoms with E-state index in [9.17, 15) is 4.79 Å². The summed E-state index contributed by atoms with van der Waals surface area (Å²) >= 11 is 1.40. The highest BCUT2D eigenvalue weighted by Crippen LogP contribution is 2.22. The SMILES string of the molecule is CCCCCOCN(C(=O)CCCC)C(CC(OC)C(=N)SC)C(C)C. The average molecular weight is 389 g/mol. The number of hydrogen-bond acceptors (Lipinski definition) is 5. The fraction of sp³-hybridized carbons (Fsp3) is 0.900. The first-order valence-electron chi connectivity index (χ1n) is 9.95. The number of nitrogens with zero attached hydrogens (tertiary/aromatic N) is 1. The van der Waals surface area contributed by atoms with Crippen molar-refractivity contribution in [1.82, 2.24) is 4.90 Å². The second-order valence-electron chi connectivity index (χ2n) is 7.05. The topological polar surface area (TPSA) is 62.6 Å². The van der Waals surface area contributed by atoms with E-state index in [-0.39, 0.29) is 24.0 Å². The van der Waals surface area contributed by atoms with Gasteiger partial charge in [-0.05, 0) is 25.0 Å². The summed E-state index contributed by atoms with van der Waals surface area (Å²) in [5.41, 5.74) is 0. The minimum Gasteiger partial charge on any atom is -0.375 e. The van der Waals surface area contributed by atoms with Gasteiger partial charge in [-0.25, -0.2) is 0 Å². The van der Waals surface area contributed by atoms with Crippen LogP contribution < -0.4 is 0 Å². The number of unbranched alkanes of at least 4 members (excludes halogenated alkanes) is 3. The van der Waals surface area contributed by atoms with Crippen LogP contribution in [0.5, 0.6) is 0 Å². The average Bonchev–Trinajstić information content (AvgIpc) is 2.63. The summed E-state index contributed by atoms with van der Waals surface area (Å²) in [6, 6.07) is 0.00276. The Morgan fingerprint density at radius 2 is 1.81 bits per heavy atom. The highest BCUT2D eigenvalue weighted by molar-refractivity contribution is 8.13. The van der Waals surface area contributed by atoms with Crippen LogP contribution >= 0.6 is 11.8 Å². The van der Waals surface area contributed by atoms with Gasteiger partial charge in [0.05, 0.1) is 5.04 Å². The molecule has 2 atom stereocenters. The van der Waals surface area contributed by atoms with Gasteiger partial charge in [-0.15, -0.1) is 11.8 Å². The highest BCUT2D eigenvalue weighted by atomic mass is 32.2. The molecule has 154 valence electrons. The smallest absolute Gasteiger partial charge is 0.224 e. The number of ether oxygens (including phenoxy) is 2. The summed E-state index contributed by atoms with van der Waals surface area (Å²) < 4.78 is 11.4. The van der Waals surface area contributed by atoms with Crippen LogP contribution in [0.25, 0.3) is 0 Å². The van der Waals surface area contributed by atoms with Crippen LogP contribution in [-0.4, -0.2) is 54.7 Å². The lowest BCUT2D eigenvalue weighted by molar-refractivity contribution is -0.142. The minimum atomic E-state index is -0.279. The van der Waals surface area contributed by atoms with E-state index in [1.807, 2.05) is 11.2 Å². The molecule has 0 aromatic heterocycles. The first-order chi connectivity index (χ1) is 12.4. The molecular weight excluding hydrogens is 348 g/mol. The third kappa shape index (κ3) is 9.93. The van der Waals surface area contributed by atoms with Gasteiger partial charge in [-0.2, -0.15) is 0 Å². The number of amides is 1. The summed E-state index contributed by atoms with van der Waals surface area (Å²) in [4.78, 5) is 14.7. The number of hydrogen-bond donors (Lipinski definition) is 1. The quantitative estimate of drug-likeness (QED) is 0.187. The number of carbonyl (C=O) groups excluding carboxylic acids is 1. The van der Waals surface area contributed by atoms with Crippen LogP contribution in [-0.2, 0) is 14.3 Å². The Bertz CT molecular complexity index is 391. The number of carbonyl (C=O) groups is 1. The molecule has 0 aromatic carbocycles. The number of thioether (sulfide) groups is 1. The first kappa shape index (κ1) is 25.4. The zero-order valence-corrected chi connectivity index (χ0v) is 18.5. The molecule has 6 heteroatoms. The zero-order chi connectivity index (χ0) is 19.9. The lowest BCUT2D eigenvalue weighted by Crippen LogP contribution is -2.47. The van der Waals surface area contributed by atoms with E-state index in [2.05, 4.69) is 27.7 Å². The van der Waals surface area contributed by atoms with Crippen LogP contribution in [0.3, 0.4) is 0 Å². The Hall–Kier alpha value is -0.590. The van der Waals surface area contributed by atoms with Crippen LogP contribution in [0.1, 0.15) is 72.6 Å². The van der Waals surface area contributed by atoms with Crippen LogP contribution in [0.15, 0.2) is 0 Å². The maximum Gasteiger partial charge on any atom is 0.224 e. The second-order valence-corrected chi connectivity index (χ2v) is 7.90. The molecule has 0 rings (SSSR count). The Kier molecular flexibility index (Phi) is 15.1. The van der Waals surface area contributed by atoms with Gasteiger partial charge >= 0.3 is 0 Å². The van der Waals surface area contributed by atoms with Crippen molar-refractivity contribution in [2.24, 2.45) is 5.92 Å². The lowest BCUT2D eigenvalue weighted by Gasteiger charge is -2.36. The van der Waals surface area contributed by atoms with Gasteiger partial charge in [0.1, 0.15) is 12.8 Å². The molecule has 0 aliphatic carbocycles. The molecule has 0 aromatic rings. The summed E-state index contributed by atoms with van der Waals surface area (Å²) in [5, 5.41) is 8.61. The first-order valence-corrected chi connectivity index (χ1v) is 11.2. The molecule has 0 bridgehead atoms. The largest absolute Gasteiger partial charge is 0.375 e. The molecule has 0 heterocycles. The predicted octanol–water partition coefficient (Wildman–Crippen LogP) is 4.94. The number of methoxy groups -OCH3 is 1. The summed E-state index contributed by atoms with van der Waals surface area (Å²) in [6.45, 7) is 9.53. The molecule has 0 aliphatic rings. The summed E-state index contributed by atoms with van der Waals surface area (Å²) in [6.07, 6.45) is 8.01. The number of nitrogens with one attached hydrogen (secondary N) is 1. The zero-order valence-electron chi connectivity index (χ0n) is 17.7. The van der Waals surface area contributed by atoms with Crippen molar-refractivity contribution >= 4 is 22.7 Å². The third-order valence-electron chi connectivity index (χ3n) is 4.61. The van der Waals surface area contributed by atoms with Crippen molar-refractivity contribution < 1.29 is 14.3 Å². The van der Waals surface area contributed by atoms with E-state index in [0.29, 0.717) is 31.2 Å². The summed E-state index contributed by atoms with van der Waals surface area (Å²) in [7, 11) is 1.64. The van der Waals surface area contributed by atoms with Gasteiger partial charge in [0.15, 0.2) is 0 Å². The molecule has 0 saturated heterocycles. The lowest BCUT2D eigenvalue weighted by atomic mass is 9.96. The second kappa shape index (κ2) is 15.5.